The van der Waals surface area contributed by atoms with Crippen molar-refractivity contribution in [3.63, 3.8) is 0 Å². The molecule has 2 fully saturated rings. The maximum absolute atomic E-state index is 13.3. The zero-order valence-electron chi connectivity index (χ0n) is 19.1. The summed E-state index contributed by atoms with van der Waals surface area (Å²) in [6.45, 7) is 8.87. The third-order valence-corrected chi connectivity index (χ3v) is 7.88. The van der Waals surface area contributed by atoms with Gasteiger partial charge in [-0.3, -0.25) is 4.79 Å². The molecule has 1 amide bonds. The summed E-state index contributed by atoms with van der Waals surface area (Å²) in [6, 6.07) is 12.3. The monoisotopic (exact) mass is 456 g/mol. The van der Waals surface area contributed by atoms with E-state index in [1.807, 2.05) is 13.0 Å². The van der Waals surface area contributed by atoms with Crippen LogP contribution >= 0.6 is 0 Å². The second kappa shape index (κ2) is 9.24. The molecule has 0 atom stereocenters. The fourth-order valence-corrected chi connectivity index (χ4v) is 5.69. The largest absolute Gasteiger partial charge is 0.379 e. The van der Waals surface area contributed by atoms with Gasteiger partial charge >= 0.3 is 10.1 Å². The number of carbonyl (C=O) groups is 1. The number of aryl methyl sites for hydroxylation is 2. The second-order valence-electron chi connectivity index (χ2n) is 8.94. The van der Waals surface area contributed by atoms with Gasteiger partial charge in [0.05, 0.1) is 0 Å². The first kappa shape index (κ1) is 22.8. The van der Waals surface area contributed by atoms with Gasteiger partial charge in [0, 0.05) is 30.7 Å². The van der Waals surface area contributed by atoms with Crippen molar-refractivity contribution >= 4 is 16.0 Å². The molecular weight excluding hydrogens is 424 g/mol. The fourth-order valence-electron chi connectivity index (χ4n) is 4.45. The van der Waals surface area contributed by atoms with Gasteiger partial charge in [0.1, 0.15) is 10.6 Å². The van der Waals surface area contributed by atoms with Crippen molar-refractivity contribution in [1.82, 2.24) is 9.80 Å². The molecule has 1 saturated carbocycles. The van der Waals surface area contributed by atoms with Gasteiger partial charge in [-0.15, -0.1) is 0 Å². The quantitative estimate of drug-likeness (QED) is 0.586. The Morgan fingerprint density at radius 2 is 1.62 bits per heavy atom. The maximum Gasteiger partial charge on any atom is 0.339 e. The molecule has 1 aliphatic carbocycles. The van der Waals surface area contributed by atoms with Crippen LogP contribution in [0.4, 0.5) is 0 Å². The summed E-state index contributed by atoms with van der Waals surface area (Å²) in [7, 11) is -3.94. The van der Waals surface area contributed by atoms with E-state index in [1.165, 1.54) is 0 Å². The van der Waals surface area contributed by atoms with Gasteiger partial charge in [-0.25, -0.2) is 0 Å². The van der Waals surface area contributed by atoms with E-state index in [2.05, 4.69) is 16.7 Å². The zero-order chi connectivity index (χ0) is 22.9. The predicted octanol–water partition coefficient (Wildman–Crippen LogP) is 4.16. The van der Waals surface area contributed by atoms with Gasteiger partial charge in [0.2, 0.25) is 0 Å². The summed E-state index contributed by atoms with van der Waals surface area (Å²) in [5.74, 6) is 0.239. The Morgan fingerprint density at radius 1 is 1.00 bits per heavy atom. The van der Waals surface area contributed by atoms with Crippen LogP contribution in [0.5, 0.6) is 5.75 Å². The molecule has 0 radical (unpaired) electrons. The molecule has 4 rings (SSSR count). The second-order valence-corrected chi connectivity index (χ2v) is 10.5. The molecule has 0 aromatic heterocycles. The average molecular weight is 457 g/mol. The molecule has 2 aromatic carbocycles. The molecule has 0 spiro atoms. The highest BCUT2D eigenvalue weighted by molar-refractivity contribution is 7.87. The standard InChI is InChI=1S/C25H32N2O4S/c1-4-26-15-13-22(14-16-26)27(21-9-10-21)25(28)20-7-11-23(12-8-20)31-32(29,30)24-17-18(2)5-6-19(24)3/h5-8,11-12,17,21-22H,4,9-10,13-16H2,1-3H3. The van der Waals surface area contributed by atoms with Crippen molar-refractivity contribution in [3.8, 4) is 5.75 Å². The van der Waals surface area contributed by atoms with Crippen molar-refractivity contribution in [2.45, 2.75) is 63.4 Å². The average Bonchev–Trinajstić information content (AvgIpc) is 3.61. The van der Waals surface area contributed by atoms with Crippen molar-refractivity contribution in [2.24, 2.45) is 0 Å². The molecule has 0 unspecified atom stereocenters. The minimum atomic E-state index is -3.94. The SMILES string of the molecule is CCN1CCC(N(C(=O)c2ccc(OS(=O)(=O)c3cc(C)ccc3C)cc2)C2CC2)CC1. The minimum Gasteiger partial charge on any atom is -0.379 e. The first-order chi connectivity index (χ1) is 15.3. The van der Waals surface area contributed by atoms with Crippen LogP contribution in [0.25, 0.3) is 0 Å². The van der Waals surface area contributed by atoms with E-state index in [0.29, 0.717) is 17.2 Å². The van der Waals surface area contributed by atoms with E-state index < -0.39 is 10.1 Å². The highest BCUT2D eigenvalue weighted by Crippen LogP contribution is 2.33. The van der Waals surface area contributed by atoms with Crippen molar-refractivity contribution in [2.75, 3.05) is 19.6 Å². The van der Waals surface area contributed by atoms with E-state index in [0.717, 1.165) is 50.9 Å². The van der Waals surface area contributed by atoms with Crippen LogP contribution in [0.3, 0.4) is 0 Å². The number of piperidine rings is 1. The lowest BCUT2D eigenvalue weighted by atomic mass is 10.0. The summed E-state index contributed by atoms with van der Waals surface area (Å²) in [5.41, 5.74) is 2.06. The first-order valence-electron chi connectivity index (χ1n) is 11.5. The van der Waals surface area contributed by atoms with E-state index in [-0.39, 0.29) is 22.6 Å². The highest BCUT2D eigenvalue weighted by atomic mass is 32.2. The topological polar surface area (TPSA) is 66.9 Å². The van der Waals surface area contributed by atoms with Crippen LogP contribution in [-0.2, 0) is 10.1 Å². The van der Waals surface area contributed by atoms with E-state index in [9.17, 15) is 13.2 Å². The van der Waals surface area contributed by atoms with Gasteiger partial charge in [0.15, 0.2) is 0 Å². The Kier molecular flexibility index (Phi) is 6.58. The van der Waals surface area contributed by atoms with Gasteiger partial charge in [-0.1, -0.05) is 19.1 Å². The molecular formula is C25H32N2O4S. The summed E-state index contributed by atoms with van der Waals surface area (Å²) < 4.78 is 30.9. The summed E-state index contributed by atoms with van der Waals surface area (Å²) in [6.07, 6.45) is 4.14. The smallest absolute Gasteiger partial charge is 0.339 e. The lowest BCUT2D eigenvalue weighted by Gasteiger charge is -2.38. The Hall–Kier alpha value is -2.38. The van der Waals surface area contributed by atoms with E-state index in [1.54, 1.807) is 43.3 Å². The predicted molar refractivity (Wildman–Crippen MR) is 124 cm³/mol. The zero-order valence-corrected chi connectivity index (χ0v) is 19.9. The number of amides is 1. The van der Waals surface area contributed by atoms with Crippen LogP contribution in [0.1, 0.15) is 54.1 Å². The summed E-state index contributed by atoms with van der Waals surface area (Å²) in [4.78, 5) is 18.0. The molecule has 1 heterocycles. The van der Waals surface area contributed by atoms with Gasteiger partial charge < -0.3 is 14.0 Å². The van der Waals surface area contributed by atoms with Crippen LogP contribution in [0, 0.1) is 13.8 Å². The van der Waals surface area contributed by atoms with Crippen LogP contribution < -0.4 is 4.18 Å². The minimum absolute atomic E-state index is 0.0337. The van der Waals surface area contributed by atoms with Gasteiger partial charge in [-0.2, -0.15) is 8.42 Å². The molecule has 0 N–H and O–H groups in total. The Bertz CT molecular complexity index is 1070. The molecule has 172 valence electrons. The molecule has 2 aromatic rings. The van der Waals surface area contributed by atoms with Crippen molar-refractivity contribution in [3.05, 3.63) is 59.2 Å². The molecule has 1 aliphatic heterocycles. The molecule has 2 aliphatic rings. The highest BCUT2D eigenvalue weighted by Gasteiger charge is 2.38. The molecule has 7 heteroatoms. The molecule has 6 nitrogen and oxygen atoms in total. The fraction of sp³-hybridized carbons (Fsp3) is 0.480. The number of nitrogens with zero attached hydrogens (tertiary/aromatic N) is 2. The number of hydrogen-bond donors (Lipinski definition) is 0. The molecule has 0 bridgehead atoms. The number of rotatable bonds is 7. The first-order valence-corrected chi connectivity index (χ1v) is 12.9. The lowest BCUT2D eigenvalue weighted by molar-refractivity contribution is 0.0554. The normalized spacial score (nSPS) is 17.8. The molecule has 1 saturated heterocycles. The third kappa shape index (κ3) is 4.99. The Labute approximate surface area is 191 Å². The summed E-state index contributed by atoms with van der Waals surface area (Å²) in [5, 5.41) is 0. The summed E-state index contributed by atoms with van der Waals surface area (Å²) >= 11 is 0. The van der Waals surface area contributed by atoms with E-state index in [4.69, 9.17) is 4.18 Å². The van der Waals surface area contributed by atoms with Crippen LogP contribution in [-0.4, -0.2) is 55.8 Å². The molecule has 32 heavy (non-hydrogen) atoms. The van der Waals surface area contributed by atoms with Crippen LogP contribution in [0.2, 0.25) is 0 Å². The number of hydrogen-bond acceptors (Lipinski definition) is 5. The number of carbonyl (C=O) groups excluding carboxylic acids is 1. The van der Waals surface area contributed by atoms with Crippen molar-refractivity contribution < 1.29 is 17.4 Å². The van der Waals surface area contributed by atoms with E-state index >= 15 is 0 Å². The third-order valence-electron chi connectivity index (χ3n) is 6.49. The Balaban J connectivity index is 1.48. The van der Waals surface area contributed by atoms with Crippen molar-refractivity contribution in [1.29, 1.82) is 0 Å². The Morgan fingerprint density at radius 3 is 2.22 bits per heavy atom. The van der Waals surface area contributed by atoms with Crippen LogP contribution in [0.15, 0.2) is 47.4 Å². The number of likely N-dealkylation sites (tertiary alicyclic amines) is 1. The number of benzene rings is 2. The maximum atomic E-state index is 13.3. The van der Waals surface area contributed by atoms with Gasteiger partial charge in [-0.05, 0) is 87.5 Å². The van der Waals surface area contributed by atoms with Gasteiger partial charge in [0.25, 0.3) is 5.91 Å². The lowest BCUT2D eigenvalue weighted by Crippen LogP contribution is -2.48.